The van der Waals surface area contributed by atoms with Gasteiger partial charge in [0.1, 0.15) is 0 Å². The maximum absolute atomic E-state index is 9.95. The summed E-state index contributed by atoms with van der Waals surface area (Å²) in [6.45, 7) is 1.94. The van der Waals surface area contributed by atoms with E-state index in [1.165, 1.54) is 12.8 Å². The van der Waals surface area contributed by atoms with Gasteiger partial charge in [-0.3, -0.25) is 10.1 Å². The van der Waals surface area contributed by atoms with Crippen molar-refractivity contribution in [3.8, 4) is 0 Å². The minimum absolute atomic E-state index is 0. The molecule has 0 aliphatic carbocycles. The predicted octanol–water partition coefficient (Wildman–Crippen LogP) is 1.93. The zero-order valence-corrected chi connectivity index (χ0v) is 13.9. The predicted molar refractivity (Wildman–Crippen MR) is 90.7 cm³/mol. The second-order valence-electron chi connectivity index (χ2n) is 5.27. The Morgan fingerprint density at radius 1 is 1.18 bits per heavy atom. The standard InChI is InChI=1S/C15H18N4OS.Cu/c20-14-13(11-7-3-4-8-12(11)16-14)17-18-15(21)19-9-5-1-2-6-10-19;/h3-4,7-8H,1-2,5-6,9-10H2,(H2,16,17,18,20,21);/q;+2/p+1. The number of nitrogens with one attached hydrogen (secondary N) is 1. The largest absolute Gasteiger partial charge is 2.00 e. The first-order chi connectivity index (χ1) is 10.3. The van der Waals surface area contributed by atoms with Crippen molar-refractivity contribution in [2.24, 2.45) is 5.10 Å². The van der Waals surface area contributed by atoms with Crippen molar-refractivity contribution in [2.45, 2.75) is 25.7 Å². The Morgan fingerprint density at radius 3 is 2.59 bits per heavy atom. The molecule has 2 heterocycles. The van der Waals surface area contributed by atoms with Crippen LogP contribution in [0.3, 0.4) is 0 Å². The molecule has 1 saturated heterocycles. The smallest absolute Gasteiger partial charge is 0.514 e. The van der Waals surface area contributed by atoms with Crippen LogP contribution in [0.4, 0.5) is 5.69 Å². The van der Waals surface area contributed by atoms with Gasteiger partial charge in [-0.2, -0.15) is 0 Å². The molecule has 0 unspecified atom stereocenters. The van der Waals surface area contributed by atoms with Crippen LogP contribution in [0, 0.1) is 0 Å². The van der Waals surface area contributed by atoms with Crippen molar-refractivity contribution in [3.63, 3.8) is 0 Å². The summed E-state index contributed by atoms with van der Waals surface area (Å²) in [7, 11) is 0. The number of nitrogens with zero attached hydrogens (tertiary/aromatic N) is 3. The van der Waals surface area contributed by atoms with E-state index in [0.29, 0.717) is 10.8 Å². The minimum Gasteiger partial charge on any atom is -0.514 e. The van der Waals surface area contributed by atoms with Crippen molar-refractivity contribution in [1.82, 2.24) is 4.90 Å². The van der Waals surface area contributed by atoms with Gasteiger partial charge in [0, 0.05) is 18.7 Å². The summed E-state index contributed by atoms with van der Waals surface area (Å²) in [4.78, 5) is 12.1. The molecule has 0 atom stereocenters. The first-order valence-corrected chi connectivity index (χ1v) is 7.73. The summed E-state index contributed by atoms with van der Waals surface area (Å²) in [5.74, 6) is 0.0388. The second-order valence-corrected chi connectivity index (χ2v) is 5.67. The maximum atomic E-state index is 9.95. The van der Waals surface area contributed by atoms with E-state index in [1.807, 2.05) is 24.3 Å². The quantitative estimate of drug-likeness (QED) is 0.266. The summed E-state index contributed by atoms with van der Waals surface area (Å²) in [6, 6.07) is 7.62. The van der Waals surface area contributed by atoms with Crippen molar-refractivity contribution >= 4 is 34.6 Å². The van der Waals surface area contributed by atoms with Gasteiger partial charge >= 0.3 is 23.0 Å². The SMILES string of the molecule is [Cu+2].[OH+]=C1Nc2ccccc2C1=N[N-]C(=[SH+])N1CCCCCC1. The van der Waals surface area contributed by atoms with Gasteiger partial charge in [-0.25, -0.2) is 4.90 Å². The molecule has 2 aliphatic heterocycles. The van der Waals surface area contributed by atoms with Crippen molar-refractivity contribution in [1.29, 1.82) is 0 Å². The number of amides is 1. The normalized spacial score (nSPS) is 19.8. The average molecular weight is 367 g/mol. The molecule has 0 bridgehead atoms. The molecule has 1 aromatic carbocycles. The zero-order valence-electron chi connectivity index (χ0n) is 12.1. The number of benzene rings is 1. The monoisotopic (exact) mass is 366 g/mol. The van der Waals surface area contributed by atoms with Gasteiger partial charge in [-0.1, -0.05) is 31.0 Å². The third kappa shape index (κ3) is 3.73. The summed E-state index contributed by atoms with van der Waals surface area (Å²) in [5, 5.41) is 7.70. The second kappa shape index (κ2) is 7.83. The van der Waals surface area contributed by atoms with Crippen LogP contribution < -0.4 is 5.32 Å². The van der Waals surface area contributed by atoms with E-state index in [4.69, 9.17) is 0 Å². The van der Waals surface area contributed by atoms with E-state index >= 15 is 0 Å². The van der Waals surface area contributed by atoms with E-state index in [0.717, 1.165) is 37.2 Å². The van der Waals surface area contributed by atoms with E-state index in [9.17, 15) is 4.79 Å². The van der Waals surface area contributed by atoms with Crippen molar-refractivity contribution in [2.75, 3.05) is 18.4 Å². The van der Waals surface area contributed by atoms with Gasteiger partial charge in [-0.05, 0) is 18.9 Å². The van der Waals surface area contributed by atoms with Crippen LogP contribution in [0.5, 0.6) is 0 Å². The number of likely N-dealkylation sites (tertiary alicyclic amines) is 1. The molecule has 0 spiro atoms. The Hall–Kier alpha value is -1.27. The summed E-state index contributed by atoms with van der Waals surface area (Å²) in [5.41, 5.74) is 6.36. The fraction of sp³-hybridized carbons (Fsp3) is 0.400. The van der Waals surface area contributed by atoms with Crippen molar-refractivity contribution in [3.05, 3.63) is 35.3 Å². The summed E-state index contributed by atoms with van der Waals surface area (Å²) < 4.78 is 0. The van der Waals surface area contributed by atoms with E-state index in [2.05, 4.69) is 33.0 Å². The van der Waals surface area contributed by atoms with Gasteiger partial charge in [0.2, 0.25) is 0 Å². The summed E-state index contributed by atoms with van der Waals surface area (Å²) >= 11 is 4.45. The average Bonchev–Trinajstić information content (AvgIpc) is 2.68. The molecule has 3 rings (SSSR count). The van der Waals surface area contributed by atoms with Gasteiger partial charge in [-0.15, -0.1) is 0 Å². The molecule has 0 aromatic heterocycles. The fourth-order valence-corrected chi connectivity index (χ4v) is 2.89. The number of anilines is 1. The topological polar surface area (TPSA) is 63.1 Å². The van der Waals surface area contributed by atoms with E-state index in [1.54, 1.807) is 0 Å². The fourth-order valence-electron chi connectivity index (χ4n) is 2.64. The zero-order chi connectivity index (χ0) is 14.7. The van der Waals surface area contributed by atoms with E-state index < -0.39 is 0 Å². The first kappa shape index (κ1) is 17.1. The molecule has 119 valence electrons. The molecule has 2 N–H and O–H groups in total. The van der Waals surface area contributed by atoms with Gasteiger partial charge in [0.15, 0.2) is 23.0 Å². The number of rotatable bonds is 1. The van der Waals surface area contributed by atoms with Crippen LogP contribution in [0.2, 0.25) is 0 Å². The van der Waals surface area contributed by atoms with Crippen LogP contribution in [0.15, 0.2) is 29.4 Å². The molecule has 1 fully saturated rings. The molecule has 1 aromatic rings. The Balaban J connectivity index is 0.00000176. The number of hydrogen-bond donors (Lipinski definition) is 1. The molecular weight excluding hydrogens is 348 g/mol. The van der Waals surface area contributed by atoms with Crippen LogP contribution in [-0.2, 0) is 29.3 Å². The number of hydrogen-bond acceptors (Lipinski definition) is 1. The number of thiol groups is 1. The Morgan fingerprint density at radius 2 is 1.86 bits per heavy atom. The molecule has 22 heavy (non-hydrogen) atoms. The molecule has 5 nitrogen and oxygen atoms in total. The van der Waals surface area contributed by atoms with E-state index in [-0.39, 0.29) is 23.0 Å². The van der Waals surface area contributed by atoms with Gasteiger partial charge in [0.25, 0.3) is 0 Å². The first-order valence-electron chi connectivity index (χ1n) is 7.28. The summed E-state index contributed by atoms with van der Waals surface area (Å²) in [6.07, 6.45) is 4.85. The molecule has 1 amide bonds. The van der Waals surface area contributed by atoms with Gasteiger partial charge in [0.05, 0.1) is 5.69 Å². The van der Waals surface area contributed by atoms with Crippen molar-refractivity contribution < 1.29 is 21.9 Å². The Kier molecular flexibility index (Phi) is 6.08. The third-order valence-electron chi connectivity index (χ3n) is 3.79. The van der Waals surface area contributed by atoms with Gasteiger partial charge < -0.3 is 10.5 Å². The number of para-hydroxylation sites is 1. The minimum atomic E-state index is 0. The van der Waals surface area contributed by atoms with Crippen LogP contribution in [0.25, 0.3) is 5.43 Å². The number of fused-ring (bicyclic) bond motifs is 1. The molecule has 7 heteroatoms. The molecule has 1 radical (unpaired) electrons. The maximum Gasteiger partial charge on any atom is 2.00 e. The van der Waals surface area contributed by atoms with Crippen LogP contribution in [0.1, 0.15) is 31.2 Å². The van der Waals surface area contributed by atoms with Crippen LogP contribution >= 0.6 is 0 Å². The van der Waals surface area contributed by atoms with Crippen LogP contribution in [-0.4, -0.2) is 39.5 Å². The molecule has 0 saturated carbocycles. The Bertz CT molecular complexity index is 597. The number of carbonyl (C=O) groups excluding carboxylic acids is 1. The third-order valence-corrected chi connectivity index (χ3v) is 4.16. The Labute approximate surface area is 146 Å². The molecular formula is C15H19CuN4OS+3. The molecule has 2 aliphatic rings.